The number of carboxylic acids is 1. The van der Waals surface area contributed by atoms with Crippen molar-refractivity contribution in [1.82, 2.24) is 9.80 Å². The van der Waals surface area contributed by atoms with Crippen molar-refractivity contribution in [2.45, 2.75) is 45.6 Å². The molecule has 0 spiro atoms. The summed E-state index contributed by atoms with van der Waals surface area (Å²) < 4.78 is 43.8. The molecule has 0 radical (unpaired) electrons. The Hall–Kier alpha value is -2.29. The van der Waals surface area contributed by atoms with Gasteiger partial charge in [-0.1, -0.05) is 29.8 Å². The van der Waals surface area contributed by atoms with Crippen LogP contribution >= 0.6 is 11.6 Å². The van der Waals surface area contributed by atoms with Crippen LogP contribution in [0.3, 0.4) is 0 Å². The van der Waals surface area contributed by atoms with Crippen LogP contribution < -0.4 is 4.74 Å². The molecule has 0 amide bonds. The number of carbonyl (C=O) groups is 1. The molecular formula is C24H28ClF3N2O3. The smallest absolute Gasteiger partial charge is 0.416 e. The van der Waals surface area contributed by atoms with Gasteiger partial charge in [0.2, 0.25) is 0 Å². The highest BCUT2D eigenvalue weighted by Gasteiger charge is 2.31. The van der Waals surface area contributed by atoms with E-state index in [9.17, 15) is 23.1 Å². The molecule has 1 fully saturated rings. The molecule has 3 rings (SSSR count). The molecule has 0 unspecified atom stereocenters. The molecule has 1 N–H and O–H groups in total. The fraction of sp³-hybridized carbons (Fsp3) is 0.458. The van der Waals surface area contributed by atoms with Crippen molar-refractivity contribution in [3.8, 4) is 5.75 Å². The number of aryl methyl sites for hydroxylation is 1. The van der Waals surface area contributed by atoms with E-state index in [1.54, 1.807) is 6.07 Å². The monoisotopic (exact) mass is 484 g/mol. The van der Waals surface area contributed by atoms with Gasteiger partial charge in [-0.15, -0.1) is 0 Å². The summed E-state index contributed by atoms with van der Waals surface area (Å²) in [7, 11) is 0. The standard InChI is InChI=1S/C24H28ClF3N2O3/c1-16-12-18(13-20(25)21(16)33-23(2,3)22(31)32)15-30-10-8-29(9-11-30)14-17-4-6-19(7-5-17)24(26,27)28/h4-7,12-13H,8-11,14-15H2,1-3H3,(H,31,32). The van der Waals surface area contributed by atoms with Gasteiger partial charge in [0.25, 0.3) is 0 Å². The first-order valence-corrected chi connectivity index (χ1v) is 11.1. The van der Waals surface area contributed by atoms with Crippen molar-refractivity contribution in [3.63, 3.8) is 0 Å². The molecule has 0 aliphatic carbocycles. The maximum Gasteiger partial charge on any atom is 0.416 e. The highest BCUT2D eigenvalue weighted by molar-refractivity contribution is 6.32. The minimum atomic E-state index is -4.32. The number of aliphatic carboxylic acids is 1. The third-order valence-corrected chi connectivity index (χ3v) is 6.00. The van der Waals surface area contributed by atoms with E-state index in [1.807, 2.05) is 13.0 Å². The third-order valence-electron chi connectivity index (χ3n) is 5.72. The van der Waals surface area contributed by atoms with E-state index in [2.05, 4.69) is 9.80 Å². The Balaban J connectivity index is 1.55. The van der Waals surface area contributed by atoms with Crippen LogP contribution in [0.2, 0.25) is 5.02 Å². The Morgan fingerprint density at radius 1 is 1.00 bits per heavy atom. The Kier molecular flexibility index (Phi) is 7.61. The molecule has 0 bridgehead atoms. The summed E-state index contributed by atoms with van der Waals surface area (Å²) in [6.45, 7) is 9.35. The first-order valence-electron chi connectivity index (χ1n) is 10.7. The number of rotatable bonds is 7. The van der Waals surface area contributed by atoms with E-state index in [1.165, 1.54) is 26.0 Å². The van der Waals surface area contributed by atoms with Crippen LogP contribution in [-0.2, 0) is 24.1 Å². The van der Waals surface area contributed by atoms with Crippen LogP contribution in [0.5, 0.6) is 5.75 Å². The van der Waals surface area contributed by atoms with Gasteiger partial charge < -0.3 is 9.84 Å². The van der Waals surface area contributed by atoms with Crippen LogP contribution in [0, 0.1) is 6.92 Å². The number of halogens is 4. The van der Waals surface area contributed by atoms with Gasteiger partial charge >= 0.3 is 12.1 Å². The summed E-state index contributed by atoms with van der Waals surface area (Å²) in [5.74, 6) is -0.703. The lowest BCUT2D eigenvalue weighted by Crippen LogP contribution is -2.45. The Bertz CT molecular complexity index is 962. The number of nitrogens with zero attached hydrogens (tertiary/aromatic N) is 2. The zero-order valence-corrected chi connectivity index (χ0v) is 19.6. The number of piperazine rings is 1. The van der Waals surface area contributed by atoms with Crippen molar-refractivity contribution in [1.29, 1.82) is 0 Å². The van der Waals surface area contributed by atoms with E-state index in [-0.39, 0.29) is 0 Å². The average molecular weight is 485 g/mol. The highest BCUT2D eigenvalue weighted by atomic mass is 35.5. The predicted molar refractivity (Wildman–Crippen MR) is 121 cm³/mol. The lowest BCUT2D eigenvalue weighted by molar-refractivity contribution is -0.152. The van der Waals surface area contributed by atoms with Crippen LogP contribution in [0.1, 0.15) is 36.1 Å². The topological polar surface area (TPSA) is 53.0 Å². The number of hydrogen-bond donors (Lipinski definition) is 1. The minimum absolute atomic E-state index is 0.370. The largest absolute Gasteiger partial charge is 0.478 e. The summed E-state index contributed by atoms with van der Waals surface area (Å²) in [4.78, 5) is 15.9. The minimum Gasteiger partial charge on any atom is -0.478 e. The maximum atomic E-state index is 12.7. The maximum absolute atomic E-state index is 12.7. The molecule has 0 saturated carbocycles. The second-order valence-electron chi connectivity index (χ2n) is 8.89. The zero-order valence-electron chi connectivity index (χ0n) is 18.9. The molecule has 1 saturated heterocycles. The second kappa shape index (κ2) is 9.91. The van der Waals surface area contributed by atoms with Crippen LogP contribution in [0.15, 0.2) is 36.4 Å². The van der Waals surface area contributed by atoms with Gasteiger partial charge in [0.1, 0.15) is 5.75 Å². The van der Waals surface area contributed by atoms with Gasteiger partial charge in [0.15, 0.2) is 5.60 Å². The molecular weight excluding hydrogens is 457 g/mol. The number of hydrogen-bond acceptors (Lipinski definition) is 4. The zero-order chi connectivity index (χ0) is 24.4. The molecule has 1 heterocycles. The van der Waals surface area contributed by atoms with Gasteiger partial charge in [0, 0.05) is 39.3 Å². The van der Waals surface area contributed by atoms with E-state index in [0.717, 1.165) is 55.0 Å². The SMILES string of the molecule is Cc1cc(CN2CCN(Cc3ccc(C(F)(F)F)cc3)CC2)cc(Cl)c1OC(C)(C)C(=O)O. The molecule has 2 aromatic carbocycles. The molecule has 180 valence electrons. The van der Waals surface area contributed by atoms with Crippen LogP contribution in [0.4, 0.5) is 13.2 Å². The molecule has 0 aromatic heterocycles. The lowest BCUT2D eigenvalue weighted by atomic mass is 10.1. The summed E-state index contributed by atoms with van der Waals surface area (Å²) in [6, 6.07) is 9.08. The molecule has 5 nitrogen and oxygen atoms in total. The van der Waals surface area contributed by atoms with E-state index in [0.29, 0.717) is 23.9 Å². The molecule has 33 heavy (non-hydrogen) atoms. The van der Waals surface area contributed by atoms with Crippen molar-refractivity contribution in [2.75, 3.05) is 26.2 Å². The van der Waals surface area contributed by atoms with Gasteiger partial charge in [-0.05, 0) is 55.7 Å². The number of benzene rings is 2. The summed E-state index contributed by atoms with van der Waals surface area (Å²) in [6.07, 6.45) is -4.32. The lowest BCUT2D eigenvalue weighted by Gasteiger charge is -2.35. The summed E-state index contributed by atoms with van der Waals surface area (Å²) in [5, 5.41) is 9.67. The molecule has 1 aliphatic heterocycles. The Labute approximate surface area is 196 Å². The van der Waals surface area contributed by atoms with Crippen LogP contribution in [-0.4, -0.2) is 52.7 Å². The number of alkyl halides is 3. The van der Waals surface area contributed by atoms with Gasteiger partial charge in [-0.2, -0.15) is 13.2 Å². The molecule has 2 aromatic rings. The fourth-order valence-electron chi connectivity index (χ4n) is 3.74. The summed E-state index contributed by atoms with van der Waals surface area (Å²) >= 11 is 6.40. The quantitative estimate of drug-likeness (QED) is 0.583. The fourth-order valence-corrected chi connectivity index (χ4v) is 4.07. The van der Waals surface area contributed by atoms with Crippen LogP contribution in [0.25, 0.3) is 0 Å². The van der Waals surface area contributed by atoms with Gasteiger partial charge in [-0.3, -0.25) is 9.80 Å². The number of carboxylic acid groups (broad SMARTS) is 1. The van der Waals surface area contributed by atoms with E-state index in [4.69, 9.17) is 16.3 Å². The van der Waals surface area contributed by atoms with E-state index >= 15 is 0 Å². The van der Waals surface area contributed by atoms with Crippen molar-refractivity contribution in [3.05, 3.63) is 63.7 Å². The van der Waals surface area contributed by atoms with Crippen molar-refractivity contribution in [2.24, 2.45) is 0 Å². The average Bonchev–Trinajstić information content (AvgIpc) is 2.72. The van der Waals surface area contributed by atoms with Crippen molar-refractivity contribution >= 4 is 17.6 Å². The molecule has 9 heteroatoms. The first-order chi connectivity index (χ1) is 15.3. The molecule has 0 atom stereocenters. The Morgan fingerprint density at radius 3 is 1.97 bits per heavy atom. The predicted octanol–water partition coefficient (Wildman–Crippen LogP) is 5.23. The highest BCUT2D eigenvalue weighted by Crippen LogP contribution is 2.33. The number of ether oxygens (including phenoxy) is 1. The second-order valence-corrected chi connectivity index (χ2v) is 9.30. The normalized spacial score (nSPS) is 16.1. The van der Waals surface area contributed by atoms with Gasteiger partial charge in [0.05, 0.1) is 10.6 Å². The first kappa shape index (κ1) is 25.3. The summed E-state index contributed by atoms with van der Waals surface area (Å²) in [5.41, 5.74) is 0.618. The Morgan fingerprint density at radius 2 is 1.52 bits per heavy atom. The van der Waals surface area contributed by atoms with Gasteiger partial charge in [-0.25, -0.2) is 4.79 Å². The molecule has 1 aliphatic rings. The third kappa shape index (κ3) is 6.62. The van der Waals surface area contributed by atoms with E-state index < -0.39 is 23.3 Å². The van der Waals surface area contributed by atoms with Crippen molar-refractivity contribution < 1.29 is 27.8 Å².